The van der Waals surface area contributed by atoms with Gasteiger partial charge in [-0.2, -0.15) is 0 Å². The molecule has 19 heavy (non-hydrogen) atoms. The summed E-state index contributed by atoms with van der Waals surface area (Å²) in [6.45, 7) is 4.35. The van der Waals surface area contributed by atoms with Crippen molar-refractivity contribution in [3.05, 3.63) is 0 Å². The van der Waals surface area contributed by atoms with Gasteiger partial charge in [0.05, 0.1) is 5.75 Å². The van der Waals surface area contributed by atoms with E-state index < -0.39 is 10.0 Å². The molecule has 5 nitrogen and oxygen atoms in total. The fraction of sp³-hybridized carbons (Fsp3) is 1.00. The summed E-state index contributed by atoms with van der Waals surface area (Å²) in [5, 5.41) is 2.91. The van der Waals surface area contributed by atoms with E-state index >= 15 is 0 Å². The summed E-state index contributed by atoms with van der Waals surface area (Å²) in [5.74, 6) is 0.220. The minimum Gasteiger partial charge on any atom is -0.319 e. The zero-order chi connectivity index (χ0) is 13.7. The lowest BCUT2D eigenvalue weighted by Crippen LogP contribution is -2.49. The molecule has 0 saturated carbocycles. The van der Waals surface area contributed by atoms with Crippen molar-refractivity contribution in [2.75, 3.05) is 45.5 Å². The molecule has 2 heterocycles. The highest BCUT2D eigenvalue weighted by molar-refractivity contribution is 7.89. The summed E-state index contributed by atoms with van der Waals surface area (Å²) in [4.78, 5) is 2.57. The monoisotopic (exact) mass is 289 g/mol. The number of rotatable bonds is 5. The van der Waals surface area contributed by atoms with Crippen molar-refractivity contribution < 1.29 is 8.42 Å². The molecule has 0 unspecified atom stereocenters. The van der Waals surface area contributed by atoms with Gasteiger partial charge in [0.1, 0.15) is 0 Å². The largest absolute Gasteiger partial charge is 0.319 e. The number of likely N-dealkylation sites (tertiary alicyclic amines) is 1. The zero-order valence-corrected chi connectivity index (χ0v) is 12.8. The first-order chi connectivity index (χ1) is 9.13. The molecule has 6 heteroatoms. The van der Waals surface area contributed by atoms with Crippen LogP contribution < -0.4 is 5.32 Å². The van der Waals surface area contributed by atoms with Gasteiger partial charge in [0.15, 0.2) is 0 Å². The first-order valence-electron chi connectivity index (χ1n) is 7.50. The molecule has 0 radical (unpaired) electrons. The molecule has 0 amide bonds. The first-order valence-corrected chi connectivity index (χ1v) is 9.11. The van der Waals surface area contributed by atoms with Crippen LogP contribution in [0.2, 0.25) is 0 Å². The Morgan fingerprint density at radius 1 is 1.05 bits per heavy atom. The lowest BCUT2D eigenvalue weighted by atomic mass is 10.0. The van der Waals surface area contributed by atoms with E-state index in [1.165, 1.54) is 32.4 Å². The Morgan fingerprint density at radius 3 is 2.26 bits per heavy atom. The second-order valence-corrected chi connectivity index (χ2v) is 7.73. The molecule has 0 bridgehead atoms. The van der Waals surface area contributed by atoms with Gasteiger partial charge in [0, 0.05) is 25.7 Å². The van der Waals surface area contributed by atoms with Crippen molar-refractivity contribution >= 4 is 10.0 Å². The van der Waals surface area contributed by atoms with Crippen molar-refractivity contribution in [3.8, 4) is 0 Å². The van der Waals surface area contributed by atoms with Crippen LogP contribution in [-0.4, -0.2) is 69.2 Å². The van der Waals surface area contributed by atoms with Crippen LogP contribution in [0.5, 0.6) is 0 Å². The fourth-order valence-electron chi connectivity index (χ4n) is 3.13. The maximum atomic E-state index is 12.1. The van der Waals surface area contributed by atoms with Crippen molar-refractivity contribution in [1.29, 1.82) is 0 Å². The van der Waals surface area contributed by atoms with Crippen molar-refractivity contribution in [1.82, 2.24) is 14.5 Å². The van der Waals surface area contributed by atoms with Gasteiger partial charge in [-0.3, -0.25) is 0 Å². The summed E-state index contributed by atoms with van der Waals surface area (Å²) >= 11 is 0. The smallest absolute Gasteiger partial charge is 0.215 e. The van der Waals surface area contributed by atoms with Gasteiger partial charge in [0.2, 0.25) is 10.0 Å². The van der Waals surface area contributed by atoms with Gasteiger partial charge in [-0.25, -0.2) is 12.7 Å². The van der Waals surface area contributed by atoms with Gasteiger partial charge >= 0.3 is 0 Å². The molecule has 0 aromatic carbocycles. The lowest BCUT2D eigenvalue weighted by Gasteiger charge is -2.39. The summed E-state index contributed by atoms with van der Waals surface area (Å²) in [7, 11) is -1.26. The van der Waals surface area contributed by atoms with Gasteiger partial charge in [-0.15, -0.1) is 0 Å². The number of nitrogens with one attached hydrogen (secondary N) is 1. The van der Waals surface area contributed by atoms with E-state index in [2.05, 4.69) is 10.2 Å². The van der Waals surface area contributed by atoms with Gasteiger partial charge in [-0.1, -0.05) is 6.42 Å². The highest BCUT2D eigenvalue weighted by atomic mass is 32.2. The second kappa shape index (κ2) is 7.02. The van der Waals surface area contributed by atoms with Crippen LogP contribution in [0, 0.1) is 0 Å². The number of sulfonamides is 1. The van der Waals surface area contributed by atoms with E-state index in [-0.39, 0.29) is 5.75 Å². The van der Waals surface area contributed by atoms with Crippen molar-refractivity contribution in [2.45, 2.75) is 38.1 Å². The van der Waals surface area contributed by atoms with Crippen LogP contribution in [0.3, 0.4) is 0 Å². The highest BCUT2D eigenvalue weighted by Gasteiger charge is 2.30. The Kier molecular flexibility index (Phi) is 5.62. The Hall–Kier alpha value is -0.170. The molecule has 1 N–H and O–H groups in total. The van der Waals surface area contributed by atoms with E-state index in [4.69, 9.17) is 0 Å². The molecule has 0 atom stereocenters. The summed E-state index contributed by atoms with van der Waals surface area (Å²) in [6, 6.07) is 0.607. The Balaban J connectivity index is 1.81. The molecular weight excluding hydrogens is 262 g/mol. The Labute approximate surface area is 117 Å². The third-order valence-corrected chi connectivity index (χ3v) is 6.21. The molecule has 112 valence electrons. The molecule has 2 fully saturated rings. The molecule has 2 saturated heterocycles. The number of hydrogen-bond acceptors (Lipinski definition) is 4. The Bertz CT molecular complexity index is 358. The average molecular weight is 289 g/mol. The van der Waals surface area contributed by atoms with Crippen LogP contribution in [0.25, 0.3) is 0 Å². The van der Waals surface area contributed by atoms with Crippen LogP contribution in [0.1, 0.15) is 32.1 Å². The lowest BCUT2D eigenvalue weighted by molar-refractivity contribution is 0.118. The minimum absolute atomic E-state index is 0.220. The highest BCUT2D eigenvalue weighted by Crippen LogP contribution is 2.22. The Morgan fingerprint density at radius 2 is 1.68 bits per heavy atom. The van der Waals surface area contributed by atoms with Crippen LogP contribution >= 0.6 is 0 Å². The summed E-state index contributed by atoms with van der Waals surface area (Å²) < 4.78 is 25.9. The normalized spacial score (nSPS) is 24.7. The van der Waals surface area contributed by atoms with Crippen LogP contribution in [0.15, 0.2) is 0 Å². The molecule has 0 spiro atoms. The quantitative estimate of drug-likeness (QED) is 0.800. The van der Waals surface area contributed by atoms with E-state index in [1.54, 1.807) is 11.4 Å². The van der Waals surface area contributed by atoms with Gasteiger partial charge in [-0.05, 0) is 45.8 Å². The van der Waals surface area contributed by atoms with E-state index in [0.29, 0.717) is 25.7 Å². The molecule has 2 aliphatic heterocycles. The van der Waals surface area contributed by atoms with Gasteiger partial charge in [0.25, 0.3) is 0 Å². The predicted molar refractivity (Wildman–Crippen MR) is 77.7 cm³/mol. The van der Waals surface area contributed by atoms with Crippen LogP contribution in [-0.2, 0) is 10.0 Å². The molecule has 0 aliphatic carbocycles. The molecule has 0 aromatic heterocycles. The zero-order valence-electron chi connectivity index (χ0n) is 12.0. The number of piperidine rings is 2. The maximum Gasteiger partial charge on any atom is 0.215 e. The van der Waals surface area contributed by atoms with E-state index in [0.717, 1.165) is 12.8 Å². The van der Waals surface area contributed by atoms with Crippen LogP contribution in [0.4, 0.5) is 0 Å². The second-order valence-electron chi connectivity index (χ2n) is 5.65. The first kappa shape index (κ1) is 15.2. The molecule has 2 aliphatic rings. The maximum absolute atomic E-state index is 12.1. The molecular formula is C13H27N3O2S. The minimum atomic E-state index is -3.05. The molecule has 2 rings (SSSR count). The predicted octanol–water partition coefficient (Wildman–Crippen LogP) is 0.486. The van der Waals surface area contributed by atoms with Crippen molar-refractivity contribution in [3.63, 3.8) is 0 Å². The number of nitrogens with zero attached hydrogens (tertiary/aromatic N) is 2. The topological polar surface area (TPSA) is 52.7 Å². The van der Waals surface area contributed by atoms with Gasteiger partial charge < -0.3 is 10.2 Å². The van der Waals surface area contributed by atoms with E-state index in [1.807, 2.05) is 0 Å². The van der Waals surface area contributed by atoms with Crippen molar-refractivity contribution in [2.24, 2.45) is 0 Å². The summed E-state index contributed by atoms with van der Waals surface area (Å²) in [5.41, 5.74) is 0. The number of hydrogen-bond donors (Lipinski definition) is 1. The third kappa shape index (κ3) is 4.15. The molecule has 0 aromatic rings. The summed E-state index contributed by atoms with van der Waals surface area (Å²) in [6.07, 6.45) is 5.96. The van der Waals surface area contributed by atoms with E-state index in [9.17, 15) is 8.42 Å². The fourth-order valence-corrected chi connectivity index (χ4v) is 4.62. The third-order valence-electron chi connectivity index (χ3n) is 4.33. The SMILES string of the molecule is CNCCS(=O)(=O)N1CCC(N2CCCCC2)CC1. The average Bonchev–Trinajstić information content (AvgIpc) is 2.46. The standard InChI is InChI=1S/C13H27N3O2S/c1-14-7-12-19(17,18)16-10-5-13(6-11-16)15-8-3-2-4-9-15/h13-14H,2-12H2,1H3.